The van der Waals surface area contributed by atoms with Gasteiger partial charge in [0.2, 0.25) is 11.9 Å². The fraction of sp³-hybridized carbons (Fsp3) is 0.0345. The highest BCUT2D eigenvalue weighted by atomic mass is 15.4. The Morgan fingerprint density at radius 2 is 1.14 bits per heavy atom. The molecule has 0 unspecified atom stereocenters. The molecule has 4 aromatic carbocycles. The highest BCUT2D eigenvalue weighted by Gasteiger charge is 2.30. The minimum atomic E-state index is 0.543. The first-order valence-electron chi connectivity index (χ1n) is 11.6. The van der Waals surface area contributed by atoms with E-state index in [2.05, 4.69) is 33.7 Å². The second kappa shape index (κ2) is 7.88. The smallest absolute Gasteiger partial charge is 0.241 e. The molecule has 0 saturated carbocycles. The maximum Gasteiger partial charge on any atom is 0.241 e. The second-order valence-corrected chi connectivity index (χ2v) is 8.47. The van der Waals surface area contributed by atoms with Gasteiger partial charge >= 0.3 is 0 Å². The van der Waals surface area contributed by atoms with E-state index in [-0.39, 0.29) is 0 Å². The normalized spacial score (nSPS) is 12.4. The Hall–Kier alpha value is -4.84. The van der Waals surface area contributed by atoms with Gasteiger partial charge in [-0.1, -0.05) is 91.0 Å². The molecule has 6 nitrogen and oxygen atoms in total. The molecule has 6 aromatic rings. The van der Waals surface area contributed by atoms with Gasteiger partial charge in [0, 0.05) is 11.1 Å². The zero-order valence-electron chi connectivity index (χ0n) is 18.8. The van der Waals surface area contributed by atoms with Gasteiger partial charge in [-0.15, -0.1) is 0 Å². The number of hydrogen-bond donors (Lipinski definition) is 0. The van der Waals surface area contributed by atoms with Gasteiger partial charge in [-0.3, -0.25) is 0 Å². The van der Waals surface area contributed by atoms with Crippen molar-refractivity contribution in [2.45, 2.75) is 6.54 Å². The molecule has 1 aliphatic heterocycles. The van der Waals surface area contributed by atoms with E-state index in [9.17, 15) is 0 Å². The fourth-order valence-electron chi connectivity index (χ4n) is 4.62. The molecule has 7 rings (SSSR count). The van der Waals surface area contributed by atoms with E-state index in [0.717, 1.165) is 40.3 Å². The number of aromatic nitrogens is 5. The van der Waals surface area contributed by atoms with Crippen molar-refractivity contribution in [2.24, 2.45) is 0 Å². The maximum atomic E-state index is 5.00. The molecule has 0 fully saturated rings. The molecule has 6 heteroatoms. The Kier molecular flexibility index (Phi) is 4.42. The SMILES string of the molecule is c1ccc(-c2nc(-c3ccccc3)nc(N3c4ccccc4Cn4c3nc3ccccc34)n2)cc1. The van der Waals surface area contributed by atoms with Crippen molar-refractivity contribution in [2.75, 3.05) is 4.90 Å². The van der Waals surface area contributed by atoms with Crippen LogP contribution in [0.4, 0.5) is 17.6 Å². The van der Waals surface area contributed by atoms with E-state index in [1.54, 1.807) is 0 Å². The van der Waals surface area contributed by atoms with Gasteiger partial charge < -0.3 is 4.57 Å². The lowest BCUT2D eigenvalue weighted by molar-refractivity contribution is 0.780. The molecule has 166 valence electrons. The zero-order chi connectivity index (χ0) is 23.2. The zero-order valence-corrected chi connectivity index (χ0v) is 18.8. The number of hydrogen-bond acceptors (Lipinski definition) is 5. The first-order valence-corrected chi connectivity index (χ1v) is 11.6. The number of fused-ring (bicyclic) bond motifs is 4. The molecule has 0 bridgehead atoms. The third-order valence-electron chi connectivity index (χ3n) is 6.28. The van der Waals surface area contributed by atoms with Crippen molar-refractivity contribution in [3.63, 3.8) is 0 Å². The molecule has 3 heterocycles. The Balaban J connectivity index is 1.51. The number of para-hydroxylation sites is 3. The average molecular weight is 453 g/mol. The minimum absolute atomic E-state index is 0.543. The van der Waals surface area contributed by atoms with Crippen LogP contribution in [0.5, 0.6) is 0 Å². The second-order valence-electron chi connectivity index (χ2n) is 8.47. The van der Waals surface area contributed by atoms with Crippen LogP contribution in [0.3, 0.4) is 0 Å². The van der Waals surface area contributed by atoms with Gasteiger partial charge in [0.25, 0.3) is 0 Å². The minimum Gasteiger partial charge on any atom is -0.305 e. The molecular weight excluding hydrogens is 432 g/mol. The van der Waals surface area contributed by atoms with Crippen molar-refractivity contribution in [1.29, 1.82) is 0 Å². The molecule has 0 atom stereocenters. The highest BCUT2D eigenvalue weighted by Crippen LogP contribution is 2.41. The van der Waals surface area contributed by atoms with Crippen molar-refractivity contribution in [1.82, 2.24) is 24.5 Å². The summed E-state index contributed by atoms with van der Waals surface area (Å²) >= 11 is 0. The van der Waals surface area contributed by atoms with Crippen LogP contribution in [0.25, 0.3) is 33.8 Å². The summed E-state index contributed by atoms with van der Waals surface area (Å²) < 4.78 is 2.23. The van der Waals surface area contributed by atoms with E-state index in [1.807, 2.05) is 84.9 Å². The topological polar surface area (TPSA) is 59.7 Å². The van der Waals surface area contributed by atoms with Crippen molar-refractivity contribution in [3.05, 3.63) is 115 Å². The molecule has 0 amide bonds. The molecule has 35 heavy (non-hydrogen) atoms. The van der Waals surface area contributed by atoms with Gasteiger partial charge in [0.15, 0.2) is 11.6 Å². The molecule has 0 spiro atoms. The van der Waals surface area contributed by atoms with Crippen LogP contribution in [0.2, 0.25) is 0 Å². The number of imidazole rings is 1. The standard InChI is InChI=1S/C29H20N6/c1-3-11-20(12-4-1)26-31-27(21-13-5-2-6-14-21)33-28(32-26)35-24-17-9-7-15-22(24)19-34-25-18-10-8-16-23(25)30-29(34)35/h1-18H,19H2. The summed E-state index contributed by atoms with van der Waals surface area (Å²) in [6.07, 6.45) is 0. The van der Waals surface area contributed by atoms with Gasteiger partial charge in [-0.05, 0) is 23.8 Å². The Morgan fingerprint density at radius 3 is 1.86 bits per heavy atom. The number of anilines is 3. The summed E-state index contributed by atoms with van der Waals surface area (Å²) in [6.45, 7) is 0.741. The van der Waals surface area contributed by atoms with Gasteiger partial charge in [-0.25, -0.2) is 14.9 Å². The van der Waals surface area contributed by atoms with Crippen molar-refractivity contribution < 1.29 is 0 Å². The first-order chi connectivity index (χ1) is 17.3. The van der Waals surface area contributed by atoms with Gasteiger partial charge in [0.1, 0.15) is 0 Å². The Bertz CT molecular complexity index is 1620. The van der Waals surface area contributed by atoms with Crippen LogP contribution in [-0.2, 0) is 6.54 Å². The summed E-state index contributed by atoms with van der Waals surface area (Å²) in [4.78, 5) is 21.8. The molecule has 0 aliphatic carbocycles. The van der Waals surface area contributed by atoms with Crippen LogP contribution in [-0.4, -0.2) is 24.5 Å². The van der Waals surface area contributed by atoms with Crippen LogP contribution < -0.4 is 4.90 Å². The highest BCUT2D eigenvalue weighted by molar-refractivity contribution is 5.85. The monoisotopic (exact) mass is 452 g/mol. The number of nitrogens with zero attached hydrogens (tertiary/aromatic N) is 6. The lowest BCUT2D eigenvalue weighted by Crippen LogP contribution is -2.25. The molecule has 0 N–H and O–H groups in total. The quantitative estimate of drug-likeness (QED) is 0.311. The predicted molar refractivity (Wildman–Crippen MR) is 138 cm³/mol. The van der Waals surface area contributed by atoms with E-state index in [0.29, 0.717) is 17.6 Å². The third kappa shape index (κ3) is 3.27. The summed E-state index contributed by atoms with van der Waals surface area (Å²) in [5.74, 6) is 2.59. The molecular formula is C29H20N6. The Labute approximate surface area is 202 Å². The number of benzene rings is 4. The van der Waals surface area contributed by atoms with Crippen LogP contribution in [0.15, 0.2) is 109 Å². The molecule has 1 aliphatic rings. The van der Waals surface area contributed by atoms with Crippen LogP contribution >= 0.6 is 0 Å². The van der Waals surface area contributed by atoms with E-state index in [4.69, 9.17) is 19.9 Å². The summed E-state index contributed by atoms with van der Waals surface area (Å²) in [6, 6.07) is 36.6. The lowest BCUT2D eigenvalue weighted by Gasteiger charge is -2.30. The van der Waals surface area contributed by atoms with E-state index in [1.165, 1.54) is 5.56 Å². The third-order valence-corrected chi connectivity index (χ3v) is 6.28. The first kappa shape index (κ1) is 19.6. The van der Waals surface area contributed by atoms with Crippen molar-refractivity contribution in [3.8, 4) is 22.8 Å². The summed E-state index contributed by atoms with van der Waals surface area (Å²) in [5, 5.41) is 0. The van der Waals surface area contributed by atoms with E-state index >= 15 is 0 Å². The predicted octanol–water partition coefficient (Wildman–Crippen LogP) is 6.39. The molecule has 2 aromatic heterocycles. The fourth-order valence-corrected chi connectivity index (χ4v) is 4.62. The number of rotatable bonds is 3. The van der Waals surface area contributed by atoms with Gasteiger partial charge in [-0.2, -0.15) is 9.97 Å². The van der Waals surface area contributed by atoms with Crippen LogP contribution in [0, 0.1) is 0 Å². The molecule has 0 radical (unpaired) electrons. The maximum absolute atomic E-state index is 5.00. The summed E-state index contributed by atoms with van der Waals surface area (Å²) in [5.41, 5.74) is 6.12. The average Bonchev–Trinajstić information content (AvgIpc) is 3.30. The van der Waals surface area contributed by atoms with Crippen LogP contribution in [0.1, 0.15) is 5.56 Å². The largest absolute Gasteiger partial charge is 0.305 e. The Morgan fingerprint density at radius 1 is 0.543 bits per heavy atom. The van der Waals surface area contributed by atoms with Gasteiger partial charge in [0.05, 0.1) is 23.3 Å². The van der Waals surface area contributed by atoms with Crippen molar-refractivity contribution >= 4 is 28.6 Å². The molecule has 0 saturated heterocycles. The lowest BCUT2D eigenvalue weighted by atomic mass is 10.1. The summed E-state index contributed by atoms with van der Waals surface area (Å²) in [7, 11) is 0. The van der Waals surface area contributed by atoms with E-state index < -0.39 is 0 Å².